The van der Waals surface area contributed by atoms with Crippen molar-refractivity contribution in [3.05, 3.63) is 39.4 Å². The SMILES string of the molecule is Cc1noc(C)c1CC(=O)NCC1(c2cccs2)CCCC1. The molecule has 0 aliphatic heterocycles. The zero-order chi connectivity index (χ0) is 15.6. The minimum absolute atomic E-state index is 0.0530. The summed E-state index contributed by atoms with van der Waals surface area (Å²) >= 11 is 1.80. The van der Waals surface area contributed by atoms with Crippen molar-refractivity contribution in [2.45, 2.75) is 51.4 Å². The van der Waals surface area contributed by atoms with E-state index in [4.69, 9.17) is 4.52 Å². The van der Waals surface area contributed by atoms with E-state index in [1.165, 1.54) is 30.6 Å². The molecule has 1 amide bonds. The number of hydrogen-bond acceptors (Lipinski definition) is 4. The van der Waals surface area contributed by atoms with Gasteiger partial charge in [0.15, 0.2) is 0 Å². The van der Waals surface area contributed by atoms with Crippen molar-refractivity contribution in [3.63, 3.8) is 0 Å². The average Bonchev–Trinajstić information content (AvgIpc) is 3.23. The second kappa shape index (κ2) is 6.24. The minimum Gasteiger partial charge on any atom is -0.361 e. The molecule has 1 N–H and O–H groups in total. The van der Waals surface area contributed by atoms with E-state index in [-0.39, 0.29) is 11.3 Å². The zero-order valence-electron chi connectivity index (χ0n) is 13.1. The monoisotopic (exact) mass is 318 g/mol. The van der Waals surface area contributed by atoms with E-state index in [0.717, 1.165) is 23.6 Å². The van der Waals surface area contributed by atoms with E-state index in [1.54, 1.807) is 11.3 Å². The molecule has 3 rings (SSSR count). The molecule has 118 valence electrons. The fourth-order valence-corrected chi connectivity index (χ4v) is 4.37. The summed E-state index contributed by atoms with van der Waals surface area (Å²) in [6, 6.07) is 4.31. The minimum atomic E-state index is 0.0530. The lowest BCUT2D eigenvalue weighted by molar-refractivity contribution is -0.120. The molecular formula is C17H22N2O2S. The molecule has 22 heavy (non-hydrogen) atoms. The molecule has 0 aromatic carbocycles. The maximum atomic E-state index is 12.3. The smallest absolute Gasteiger partial charge is 0.224 e. The van der Waals surface area contributed by atoms with Gasteiger partial charge in [-0.2, -0.15) is 0 Å². The molecule has 1 aliphatic carbocycles. The van der Waals surface area contributed by atoms with Crippen LogP contribution in [0.15, 0.2) is 22.0 Å². The quantitative estimate of drug-likeness (QED) is 0.917. The third-order valence-electron chi connectivity index (χ3n) is 4.75. The maximum absolute atomic E-state index is 12.3. The molecule has 1 saturated carbocycles. The number of thiophene rings is 1. The molecule has 1 aliphatic rings. The van der Waals surface area contributed by atoms with Crippen LogP contribution in [0.4, 0.5) is 0 Å². The van der Waals surface area contributed by atoms with Crippen LogP contribution in [0.2, 0.25) is 0 Å². The van der Waals surface area contributed by atoms with Gasteiger partial charge < -0.3 is 9.84 Å². The predicted molar refractivity (Wildman–Crippen MR) is 87.2 cm³/mol. The number of carbonyl (C=O) groups is 1. The van der Waals surface area contributed by atoms with Crippen molar-refractivity contribution < 1.29 is 9.32 Å². The van der Waals surface area contributed by atoms with Gasteiger partial charge in [0.05, 0.1) is 12.1 Å². The predicted octanol–water partition coefficient (Wildman–Crippen LogP) is 3.52. The molecule has 2 aromatic rings. The molecule has 0 bridgehead atoms. The van der Waals surface area contributed by atoms with Crippen LogP contribution < -0.4 is 5.32 Å². The van der Waals surface area contributed by atoms with Gasteiger partial charge in [-0.1, -0.05) is 24.1 Å². The highest BCUT2D eigenvalue weighted by molar-refractivity contribution is 7.10. The lowest BCUT2D eigenvalue weighted by Gasteiger charge is -2.28. The standard InChI is InChI=1S/C17H22N2O2S/c1-12-14(13(2)21-19-12)10-16(20)18-11-17(7-3-4-8-17)15-6-5-9-22-15/h5-6,9H,3-4,7-8,10-11H2,1-2H3,(H,18,20). The second-order valence-electron chi connectivity index (χ2n) is 6.22. The van der Waals surface area contributed by atoms with Crippen molar-refractivity contribution in [3.8, 4) is 0 Å². The van der Waals surface area contributed by atoms with Crippen molar-refractivity contribution in [1.29, 1.82) is 0 Å². The Labute approximate surface area is 134 Å². The third-order valence-corrected chi connectivity index (χ3v) is 5.86. The van der Waals surface area contributed by atoms with Gasteiger partial charge in [-0.05, 0) is 38.1 Å². The van der Waals surface area contributed by atoms with Gasteiger partial charge in [-0.25, -0.2) is 0 Å². The van der Waals surface area contributed by atoms with Gasteiger partial charge in [0.1, 0.15) is 5.76 Å². The Morgan fingerprint density at radius 2 is 2.18 bits per heavy atom. The number of aromatic nitrogens is 1. The number of nitrogens with zero attached hydrogens (tertiary/aromatic N) is 1. The highest BCUT2D eigenvalue weighted by atomic mass is 32.1. The number of nitrogens with one attached hydrogen (secondary N) is 1. The fourth-order valence-electron chi connectivity index (χ4n) is 3.39. The average molecular weight is 318 g/mol. The first-order valence-corrected chi connectivity index (χ1v) is 8.71. The number of amides is 1. The fraction of sp³-hybridized carbons (Fsp3) is 0.529. The third kappa shape index (κ3) is 2.95. The van der Waals surface area contributed by atoms with Crippen LogP contribution in [0.5, 0.6) is 0 Å². The van der Waals surface area contributed by atoms with Crippen LogP contribution >= 0.6 is 11.3 Å². The Morgan fingerprint density at radius 3 is 2.77 bits per heavy atom. The van der Waals surface area contributed by atoms with E-state index in [1.807, 2.05) is 13.8 Å². The molecule has 0 unspecified atom stereocenters. The molecule has 0 radical (unpaired) electrons. The summed E-state index contributed by atoms with van der Waals surface area (Å²) in [5, 5.41) is 9.18. The van der Waals surface area contributed by atoms with E-state index in [9.17, 15) is 4.79 Å². The van der Waals surface area contributed by atoms with E-state index in [0.29, 0.717) is 6.42 Å². The van der Waals surface area contributed by atoms with Gasteiger partial charge in [0.2, 0.25) is 5.91 Å². The van der Waals surface area contributed by atoms with E-state index >= 15 is 0 Å². The number of carbonyl (C=O) groups excluding carboxylic acids is 1. The Hall–Kier alpha value is -1.62. The Morgan fingerprint density at radius 1 is 1.41 bits per heavy atom. The maximum Gasteiger partial charge on any atom is 0.224 e. The second-order valence-corrected chi connectivity index (χ2v) is 7.17. The van der Waals surface area contributed by atoms with Gasteiger partial charge in [0, 0.05) is 22.4 Å². The molecule has 2 heterocycles. The molecule has 5 heteroatoms. The lowest BCUT2D eigenvalue weighted by atomic mass is 9.84. The molecule has 0 spiro atoms. The molecule has 0 saturated heterocycles. The summed E-state index contributed by atoms with van der Waals surface area (Å²) in [7, 11) is 0. The molecular weight excluding hydrogens is 296 g/mol. The van der Waals surface area contributed by atoms with Crippen LogP contribution in [0.25, 0.3) is 0 Å². The van der Waals surface area contributed by atoms with Crippen molar-refractivity contribution in [1.82, 2.24) is 10.5 Å². The Bertz CT molecular complexity index is 620. The molecule has 4 nitrogen and oxygen atoms in total. The molecule has 2 aromatic heterocycles. The van der Waals surface area contributed by atoms with Crippen LogP contribution in [0.1, 0.15) is 47.6 Å². The van der Waals surface area contributed by atoms with E-state index < -0.39 is 0 Å². The summed E-state index contributed by atoms with van der Waals surface area (Å²) in [6.45, 7) is 4.46. The summed E-state index contributed by atoms with van der Waals surface area (Å²) in [4.78, 5) is 13.7. The first-order chi connectivity index (χ1) is 10.6. The topological polar surface area (TPSA) is 55.1 Å². The summed E-state index contributed by atoms with van der Waals surface area (Å²) in [5.41, 5.74) is 1.86. The summed E-state index contributed by atoms with van der Waals surface area (Å²) < 4.78 is 5.12. The molecule has 0 atom stereocenters. The van der Waals surface area contributed by atoms with E-state index in [2.05, 4.69) is 28.0 Å². The highest BCUT2D eigenvalue weighted by Gasteiger charge is 2.36. The summed E-state index contributed by atoms with van der Waals surface area (Å²) in [6.07, 6.45) is 5.18. The van der Waals surface area contributed by atoms with Gasteiger partial charge in [0.25, 0.3) is 0 Å². The Balaban J connectivity index is 1.65. The zero-order valence-corrected chi connectivity index (χ0v) is 14.0. The van der Waals surface area contributed by atoms with Gasteiger partial charge >= 0.3 is 0 Å². The normalized spacial score (nSPS) is 16.8. The number of rotatable bonds is 5. The Kier molecular flexibility index (Phi) is 4.34. The number of aryl methyl sites for hydroxylation is 2. The summed E-state index contributed by atoms with van der Waals surface area (Å²) in [5.74, 6) is 0.790. The highest BCUT2D eigenvalue weighted by Crippen LogP contribution is 2.42. The first kappa shape index (κ1) is 15.3. The van der Waals surface area contributed by atoms with Crippen molar-refractivity contribution in [2.75, 3.05) is 6.54 Å². The van der Waals surface area contributed by atoms with Crippen molar-refractivity contribution in [2.24, 2.45) is 0 Å². The van der Waals surface area contributed by atoms with Crippen LogP contribution in [0.3, 0.4) is 0 Å². The largest absolute Gasteiger partial charge is 0.361 e. The van der Waals surface area contributed by atoms with Crippen molar-refractivity contribution >= 4 is 17.2 Å². The first-order valence-electron chi connectivity index (χ1n) is 7.83. The van der Waals surface area contributed by atoms with Gasteiger partial charge in [-0.15, -0.1) is 11.3 Å². The van der Waals surface area contributed by atoms with Crippen LogP contribution in [0, 0.1) is 13.8 Å². The number of hydrogen-bond donors (Lipinski definition) is 1. The lowest BCUT2D eigenvalue weighted by Crippen LogP contribution is -2.39. The van der Waals surface area contributed by atoms with Gasteiger partial charge in [-0.3, -0.25) is 4.79 Å². The van der Waals surface area contributed by atoms with Crippen LogP contribution in [-0.4, -0.2) is 17.6 Å². The molecule has 1 fully saturated rings. The van der Waals surface area contributed by atoms with Crippen LogP contribution in [-0.2, 0) is 16.6 Å².